The van der Waals surface area contributed by atoms with Gasteiger partial charge in [-0.05, 0) is 61.0 Å². The number of hydrogen-bond acceptors (Lipinski definition) is 3. The van der Waals surface area contributed by atoms with E-state index in [4.69, 9.17) is 4.74 Å². The second-order valence-electron chi connectivity index (χ2n) is 6.21. The van der Waals surface area contributed by atoms with E-state index >= 15 is 0 Å². The lowest BCUT2D eigenvalue weighted by molar-refractivity contribution is 0.331. The topological polar surface area (TPSA) is 32.7 Å². The van der Waals surface area contributed by atoms with Crippen LogP contribution in [0.25, 0.3) is 0 Å². The molecule has 0 aromatic heterocycles. The van der Waals surface area contributed by atoms with E-state index in [1.807, 2.05) is 18.2 Å². The van der Waals surface area contributed by atoms with Crippen molar-refractivity contribution in [1.29, 1.82) is 0 Å². The number of phenolic OH excluding ortho intramolecular Hbond substituents is 1. The number of ether oxygens (including phenoxy) is 1. The molecule has 1 N–H and O–H groups in total. The molecule has 3 rings (SSSR count). The van der Waals surface area contributed by atoms with Crippen LogP contribution in [0.15, 0.2) is 78.9 Å². The molecule has 0 spiro atoms. The molecule has 3 aromatic carbocycles. The number of benzene rings is 3. The number of phenols is 1. The van der Waals surface area contributed by atoms with Crippen molar-refractivity contribution in [2.24, 2.45) is 0 Å². The predicted molar refractivity (Wildman–Crippen MR) is 101 cm³/mol. The van der Waals surface area contributed by atoms with E-state index in [2.05, 4.69) is 48.3 Å². The van der Waals surface area contributed by atoms with Crippen LogP contribution in [0.2, 0.25) is 0 Å². The number of nitrogens with zero attached hydrogens (tertiary/aromatic N) is 1. The summed E-state index contributed by atoms with van der Waals surface area (Å²) in [6, 6.07) is 25.4. The zero-order valence-electron chi connectivity index (χ0n) is 14.4. The van der Waals surface area contributed by atoms with E-state index < -0.39 is 0 Å². The smallest absolute Gasteiger partial charge is 0.127 e. The third-order valence-electron chi connectivity index (χ3n) is 4.07. The highest BCUT2D eigenvalue weighted by Gasteiger charge is 2.02. The maximum absolute atomic E-state index is 9.30. The molecule has 0 fully saturated rings. The van der Waals surface area contributed by atoms with Gasteiger partial charge in [-0.25, -0.2) is 0 Å². The predicted octanol–water partition coefficient (Wildman–Crippen LogP) is 4.86. The van der Waals surface area contributed by atoms with Gasteiger partial charge in [0.1, 0.15) is 17.2 Å². The lowest BCUT2D eigenvalue weighted by Crippen LogP contribution is -2.20. The van der Waals surface area contributed by atoms with E-state index in [-0.39, 0.29) is 5.75 Å². The van der Waals surface area contributed by atoms with Crippen molar-refractivity contribution in [2.45, 2.75) is 13.0 Å². The monoisotopic (exact) mass is 333 g/mol. The summed E-state index contributed by atoms with van der Waals surface area (Å²) in [5, 5.41) is 9.30. The van der Waals surface area contributed by atoms with Gasteiger partial charge < -0.3 is 14.7 Å². The van der Waals surface area contributed by atoms with Gasteiger partial charge in [0.05, 0.1) is 0 Å². The van der Waals surface area contributed by atoms with Crippen LogP contribution in [0, 0.1) is 0 Å². The Kier molecular flexibility index (Phi) is 5.70. The third-order valence-corrected chi connectivity index (χ3v) is 4.07. The van der Waals surface area contributed by atoms with Crippen molar-refractivity contribution in [1.82, 2.24) is 4.90 Å². The Bertz CT molecular complexity index is 767. The van der Waals surface area contributed by atoms with E-state index in [1.54, 1.807) is 24.3 Å². The molecule has 0 saturated carbocycles. The van der Waals surface area contributed by atoms with Gasteiger partial charge in [-0.2, -0.15) is 0 Å². The van der Waals surface area contributed by atoms with E-state index in [1.165, 1.54) is 11.1 Å². The van der Waals surface area contributed by atoms with Crippen LogP contribution in [0.5, 0.6) is 17.2 Å². The van der Waals surface area contributed by atoms with Gasteiger partial charge in [0.25, 0.3) is 0 Å². The Morgan fingerprint density at radius 1 is 0.760 bits per heavy atom. The zero-order valence-corrected chi connectivity index (χ0v) is 14.4. The Balaban J connectivity index is 1.49. The molecule has 128 valence electrons. The van der Waals surface area contributed by atoms with Crippen LogP contribution in [0.4, 0.5) is 0 Å². The highest BCUT2D eigenvalue weighted by molar-refractivity contribution is 5.35. The van der Waals surface area contributed by atoms with Crippen LogP contribution >= 0.6 is 0 Å². The first kappa shape index (κ1) is 17.1. The van der Waals surface area contributed by atoms with Crippen LogP contribution in [-0.4, -0.2) is 23.6 Å². The maximum Gasteiger partial charge on any atom is 0.127 e. The SMILES string of the molecule is CN(CCc1ccc(Oc2ccc(O)cc2)cc1)Cc1ccccc1. The minimum Gasteiger partial charge on any atom is -0.508 e. The molecule has 0 amide bonds. The van der Waals surface area contributed by atoms with Gasteiger partial charge in [0, 0.05) is 13.1 Å². The summed E-state index contributed by atoms with van der Waals surface area (Å²) in [6.07, 6.45) is 1.00. The molecule has 0 saturated heterocycles. The number of hydrogen-bond donors (Lipinski definition) is 1. The van der Waals surface area contributed by atoms with Gasteiger partial charge in [0.2, 0.25) is 0 Å². The second kappa shape index (κ2) is 8.36. The third kappa shape index (κ3) is 5.37. The minimum absolute atomic E-state index is 0.238. The molecule has 3 aromatic rings. The van der Waals surface area contributed by atoms with E-state index in [0.29, 0.717) is 5.75 Å². The van der Waals surface area contributed by atoms with Crippen molar-refractivity contribution in [3.8, 4) is 17.2 Å². The minimum atomic E-state index is 0.238. The Hall–Kier alpha value is -2.78. The molecule has 0 bridgehead atoms. The highest BCUT2D eigenvalue weighted by atomic mass is 16.5. The summed E-state index contributed by atoms with van der Waals surface area (Å²) < 4.78 is 5.77. The lowest BCUT2D eigenvalue weighted by Gasteiger charge is -2.16. The molecule has 0 atom stereocenters. The van der Waals surface area contributed by atoms with Gasteiger partial charge in [0.15, 0.2) is 0 Å². The summed E-state index contributed by atoms with van der Waals surface area (Å²) in [4.78, 5) is 2.33. The number of rotatable bonds is 7. The summed E-state index contributed by atoms with van der Waals surface area (Å²) in [7, 11) is 2.15. The molecular weight excluding hydrogens is 310 g/mol. The van der Waals surface area contributed by atoms with E-state index in [0.717, 1.165) is 25.3 Å². The fraction of sp³-hybridized carbons (Fsp3) is 0.182. The molecule has 3 heteroatoms. The van der Waals surface area contributed by atoms with Crippen LogP contribution in [0.1, 0.15) is 11.1 Å². The molecule has 0 aliphatic heterocycles. The Labute approximate surface area is 149 Å². The molecular formula is C22H23NO2. The zero-order chi connectivity index (χ0) is 17.5. The standard InChI is InChI=1S/C22H23NO2/c1-23(17-19-5-3-2-4-6-19)16-15-18-7-11-21(12-8-18)25-22-13-9-20(24)10-14-22/h2-14,24H,15-17H2,1H3. The first-order valence-corrected chi connectivity index (χ1v) is 8.47. The Morgan fingerprint density at radius 2 is 1.36 bits per heavy atom. The fourth-order valence-electron chi connectivity index (χ4n) is 2.67. The van der Waals surface area contributed by atoms with Gasteiger partial charge in [-0.1, -0.05) is 42.5 Å². The highest BCUT2D eigenvalue weighted by Crippen LogP contribution is 2.23. The molecule has 0 unspecified atom stereocenters. The van der Waals surface area contributed by atoms with Crippen molar-refractivity contribution in [2.75, 3.05) is 13.6 Å². The fourth-order valence-corrected chi connectivity index (χ4v) is 2.67. The molecule has 0 aliphatic rings. The second-order valence-corrected chi connectivity index (χ2v) is 6.21. The van der Waals surface area contributed by atoms with Crippen LogP contribution in [0.3, 0.4) is 0 Å². The van der Waals surface area contributed by atoms with Crippen molar-refractivity contribution < 1.29 is 9.84 Å². The van der Waals surface area contributed by atoms with E-state index in [9.17, 15) is 5.11 Å². The van der Waals surface area contributed by atoms with Crippen molar-refractivity contribution in [3.63, 3.8) is 0 Å². The van der Waals surface area contributed by atoms with Crippen LogP contribution < -0.4 is 4.74 Å². The molecule has 25 heavy (non-hydrogen) atoms. The molecule has 0 heterocycles. The average molecular weight is 333 g/mol. The summed E-state index contributed by atoms with van der Waals surface area (Å²) in [6.45, 7) is 1.97. The molecule has 3 nitrogen and oxygen atoms in total. The van der Waals surface area contributed by atoms with Gasteiger partial charge in [-0.15, -0.1) is 0 Å². The summed E-state index contributed by atoms with van der Waals surface area (Å²) in [5.74, 6) is 1.75. The summed E-state index contributed by atoms with van der Waals surface area (Å²) in [5.41, 5.74) is 2.63. The van der Waals surface area contributed by atoms with Gasteiger partial charge in [-0.3, -0.25) is 0 Å². The molecule has 0 radical (unpaired) electrons. The number of likely N-dealkylation sites (N-methyl/N-ethyl adjacent to an activating group) is 1. The normalized spacial score (nSPS) is 10.8. The van der Waals surface area contributed by atoms with Gasteiger partial charge >= 0.3 is 0 Å². The Morgan fingerprint density at radius 3 is 2.00 bits per heavy atom. The number of aromatic hydroxyl groups is 1. The average Bonchev–Trinajstić information content (AvgIpc) is 2.64. The first-order valence-electron chi connectivity index (χ1n) is 8.47. The summed E-state index contributed by atoms with van der Waals surface area (Å²) >= 11 is 0. The van der Waals surface area contributed by atoms with Crippen molar-refractivity contribution in [3.05, 3.63) is 90.0 Å². The maximum atomic E-state index is 9.30. The largest absolute Gasteiger partial charge is 0.508 e. The molecule has 0 aliphatic carbocycles. The first-order chi connectivity index (χ1) is 12.2. The quantitative estimate of drug-likeness (QED) is 0.670. The van der Waals surface area contributed by atoms with Crippen molar-refractivity contribution >= 4 is 0 Å². The lowest BCUT2D eigenvalue weighted by atomic mass is 10.1. The van der Waals surface area contributed by atoms with Crippen LogP contribution in [-0.2, 0) is 13.0 Å².